The number of halogens is 2. The lowest BCUT2D eigenvalue weighted by Gasteiger charge is -2.07. The van der Waals surface area contributed by atoms with E-state index in [1.165, 1.54) is 19.2 Å². The summed E-state index contributed by atoms with van der Waals surface area (Å²) in [5.74, 6) is -0.845. The molecule has 1 aromatic carbocycles. The number of carbonyl (C=O) groups is 1. The van der Waals surface area contributed by atoms with E-state index in [4.69, 9.17) is 27.6 Å². The zero-order valence-electron chi connectivity index (χ0n) is 10.7. The molecule has 2 N–H and O–H groups in total. The maximum atomic E-state index is 12.0. The lowest BCUT2D eigenvalue weighted by molar-refractivity contribution is 0.0991. The molecule has 1 heterocycles. The Hall–Kier alpha value is -1.54. The van der Waals surface area contributed by atoms with Crippen molar-refractivity contribution in [1.29, 1.82) is 0 Å². The van der Waals surface area contributed by atoms with Gasteiger partial charge in [-0.2, -0.15) is 0 Å². The maximum absolute atomic E-state index is 12.0. The third-order valence-corrected chi connectivity index (χ3v) is 4.46. The van der Waals surface area contributed by atoms with Gasteiger partial charge in [-0.05, 0) is 31.3 Å². The van der Waals surface area contributed by atoms with Crippen LogP contribution in [0.15, 0.2) is 39.8 Å². The zero-order valence-corrected chi connectivity index (χ0v) is 13.0. The number of anilines is 1. The number of sulfonamides is 1. The molecule has 0 aliphatic carbocycles. The van der Waals surface area contributed by atoms with Crippen molar-refractivity contribution < 1.29 is 17.6 Å². The third kappa shape index (κ3) is 3.38. The number of hydrogen-bond donors (Lipinski definition) is 2. The van der Waals surface area contributed by atoms with E-state index in [-0.39, 0.29) is 26.6 Å². The molecule has 0 saturated heterocycles. The van der Waals surface area contributed by atoms with Gasteiger partial charge in [-0.1, -0.05) is 29.3 Å². The SMILES string of the molecule is CNS(=O)(=O)c1ccc(C(=O)Nc2c(Cl)cccc2Cl)o1. The molecule has 0 atom stereocenters. The van der Waals surface area contributed by atoms with Crippen molar-refractivity contribution in [3.63, 3.8) is 0 Å². The molecule has 0 fully saturated rings. The number of carbonyl (C=O) groups excluding carboxylic acids is 1. The third-order valence-electron chi connectivity index (χ3n) is 2.54. The van der Waals surface area contributed by atoms with Crippen LogP contribution in [0.3, 0.4) is 0 Å². The van der Waals surface area contributed by atoms with Crippen molar-refractivity contribution in [2.45, 2.75) is 5.09 Å². The van der Waals surface area contributed by atoms with Crippen molar-refractivity contribution in [3.8, 4) is 0 Å². The average molecular weight is 349 g/mol. The first-order valence-corrected chi connectivity index (χ1v) is 7.88. The molecule has 0 aliphatic rings. The van der Waals surface area contributed by atoms with E-state index in [1.807, 2.05) is 0 Å². The highest BCUT2D eigenvalue weighted by Crippen LogP contribution is 2.30. The molecular formula is C12H10Cl2N2O4S. The lowest BCUT2D eigenvalue weighted by Crippen LogP contribution is -2.18. The summed E-state index contributed by atoms with van der Waals surface area (Å²) in [5, 5.41) is 2.62. The molecule has 1 aromatic heterocycles. The predicted octanol–water partition coefficient (Wildman–Crippen LogP) is 2.75. The van der Waals surface area contributed by atoms with Crippen molar-refractivity contribution in [2.75, 3.05) is 12.4 Å². The largest absolute Gasteiger partial charge is 0.438 e. The minimum absolute atomic E-state index is 0.181. The minimum atomic E-state index is -3.75. The Kier molecular flexibility index (Phi) is 4.58. The average Bonchev–Trinajstić information content (AvgIpc) is 2.93. The van der Waals surface area contributed by atoms with E-state index in [0.717, 1.165) is 0 Å². The van der Waals surface area contributed by atoms with E-state index in [0.29, 0.717) is 0 Å². The van der Waals surface area contributed by atoms with Crippen LogP contribution in [0.2, 0.25) is 10.0 Å². The van der Waals surface area contributed by atoms with E-state index in [2.05, 4.69) is 10.0 Å². The van der Waals surface area contributed by atoms with Crippen LogP contribution in [0.25, 0.3) is 0 Å². The smallest absolute Gasteiger partial charge is 0.291 e. The van der Waals surface area contributed by atoms with Crippen LogP contribution < -0.4 is 10.0 Å². The Labute approximate surface area is 131 Å². The Morgan fingerprint density at radius 2 is 1.76 bits per heavy atom. The molecular weight excluding hydrogens is 339 g/mol. The van der Waals surface area contributed by atoms with Gasteiger partial charge in [0.1, 0.15) is 0 Å². The Morgan fingerprint density at radius 1 is 1.14 bits per heavy atom. The minimum Gasteiger partial charge on any atom is -0.438 e. The van der Waals surface area contributed by atoms with Crippen LogP contribution >= 0.6 is 23.2 Å². The topological polar surface area (TPSA) is 88.4 Å². The fraction of sp³-hybridized carbons (Fsp3) is 0.0833. The first kappa shape index (κ1) is 15.8. The van der Waals surface area contributed by atoms with Crippen molar-refractivity contribution in [3.05, 3.63) is 46.1 Å². The number of amides is 1. The first-order chi connectivity index (χ1) is 9.85. The number of benzene rings is 1. The molecule has 9 heteroatoms. The summed E-state index contributed by atoms with van der Waals surface area (Å²) in [4.78, 5) is 12.0. The maximum Gasteiger partial charge on any atom is 0.291 e. The van der Waals surface area contributed by atoms with Gasteiger partial charge in [0, 0.05) is 0 Å². The second-order valence-electron chi connectivity index (χ2n) is 3.88. The molecule has 1 amide bonds. The predicted molar refractivity (Wildman–Crippen MR) is 79.4 cm³/mol. The van der Waals surface area contributed by atoms with E-state index < -0.39 is 15.9 Å². The van der Waals surface area contributed by atoms with Gasteiger partial charge in [-0.3, -0.25) is 4.79 Å². The second kappa shape index (κ2) is 6.07. The molecule has 6 nitrogen and oxygen atoms in total. The van der Waals surface area contributed by atoms with Crippen molar-refractivity contribution >= 4 is 44.8 Å². The highest BCUT2D eigenvalue weighted by molar-refractivity contribution is 7.89. The summed E-state index contributed by atoms with van der Waals surface area (Å²) in [6.07, 6.45) is 0. The number of nitrogens with one attached hydrogen (secondary N) is 2. The van der Waals surface area contributed by atoms with Gasteiger partial charge in [-0.15, -0.1) is 0 Å². The fourth-order valence-corrected chi connectivity index (χ4v) is 2.62. The fourth-order valence-electron chi connectivity index (χ4n) is 1.48. The van der Waals surface area contributed by atoms with Crippen LogP contribution in [0.5, 0.6) is 0 Å². The normalized spacial score (nSPS) is 11.4. The Balaban J connectivity index is 2.26. The van der Waals surface area contributed by atoms with Crippen LogP contribution in [0.1, 0.15) is 10.6 Å². The lowest BCUT2D eigenvalue weighted by atomic mass is 10.3. The van der Waals surface area contributed by atoms with Gasteiger partial charge in [-0.25, -0.2) is 13.1 Å². The van der Waals surface area contributed by atoms with Gasteiger partial charge in [0.25, 0.3) is 15.9 Å². The molecule has 0 spiro atoms. The van der Waals surface area contributed by atoms with Crippen LogP contribution in [-0.4, -0.2) is 21.4 Å². The number of hydrogen-bond acceptors (Lipinski definition) is 4. The van der Waals surface area contributed by atoms with Crippen LogP contribution in [0, 0.1) is 0 Å². The highest BCUT2D eigenvalue weighted by Gasteiger charge is 2.20. The summed E-state index contributed by atoms with van der Waals surface area (Å²) >= 11 is 11.9. The number of rotatable bonds is 4. The molecule has 0 unspecified atom stereocenters. The standard InChI is InChI=1S/C12H10Cl2N2O4S/c1-15-21(18,19)10-6-5-9(20-10)12(17)16-11-7(13)3-2-4-8(11)14/h2-6,15H,1H3,(H,16,17). The van der Waals surface area contributed by atoms with Gasteiger partial charge in [0.2, 0.25) is 5.09 Å². The van der Waals surface area contributed by atoms with E-state index >= 15 is 0 Å². The van der Waals surface area contributed by atoms with E-state index in [1.54, 1.807) is 18.2 Å². The summed E-state index contributed by atoms with van der Waals surface area (Å²) in [6.45, 7) is 0. The monoisotopic (exact) mass is 348 g/mol. The Morgan fingerprint density at radius 3 is 2.33 bits per heavy atom. The first-order valence-electron chi connectivity index (χ1n) is 5.64. The molecule has 0 radical (unpaired) electrons. The summed E-state index contributed by atoms with van der Waals surface area (Å²) in [7, 11) is -2.51. The van der Waals surface area contributed by atoms with Crippen LogP contribution in [-0.2, 0) is 10.0 Å². The molecule has 2 rings (SSSR count). The van der Waals surface area contributed by atoms with Crippen LogP contribution in [0.4, 0.5) is 5.69 Å². The van der Waals surface area contributed by atoms with Gasteiger partial charge in [0.15, 0.2) is 5.76 Å². The summed E-state index contributed by atoms with van der Waals surface area (Å²) < 4.78 is 30.1. The number of furan rings is 1. The van der Waals surface area contributed by atoms with Crippen molar-refractivity contribution in [2.24, 2.45) is 0 Å². The molecule has 0 aliphatic heterocycles. The Bertz CT molecular complexity index is 766. The molecule has 2 aromatic rings. The molecule has 0 saturated carbocycles. The highest BCUT2D eigenvalue weighted by atomic mass is 35.5. The second-order valence-corrected chi connectivity index (χ2v) is 6.51. The summed E-state index contributed by atoms with van der Waals surface area (Å²) in [5.41, 5.74) is 0.222. The zero-order chi connectivity index (χ0) is 15.6. The van der Waals surface area contributed by atoms with Gasteiger partial charge < -0.3 is 9.73 Å². The molecule has 21 heavy (non-hydrogen) atoms. The molecule has 0 bridgehead atoms. The van der Waals surface area contributed by atoms with Gasteiger partial charge >= 0.3 is 0 Å². The van der Waals surface area contributed by atoms with Gasteiger partial charge in [0.05, 0.1) is 15.7 Å². The van der Waals surface area contributed by atoms with Crippen molar-refractivity contribution in [1.82, 2.24) is 4.72 Å². The molecule has 112 valence electrons. The quantitative estimate of drug-likeness (QED) is 0.888. The number of para-hydroxylation sites is 1. The van der Waals surface area contributed by atoms with E-state index in [9.17, 15) is 13.2 Å². The summed E-state index contributed by atoms with van der Waals surface area (Å²) in [6, 6.07) is 7.16.